The first-order chi connectivity index (χ1) is 32.8. The molecule has 0 saturated heterocycles. The fraction of sp³-hybridized carbons (Fsp3) is 0.984. The molecule has 5 heteroatoms. The monoisotopic (exact) mass is 967 g/mol. The molecule has 0 aromatic heterocycles. The van der Waals surface area contributed by atoms with Gasteiger partial charge in [-0.1, -0.05) is 342 Å². The second-order valence-corrected chi connectivity index (χ2v) is 22.8. The third-order valence-electron chi connectivity index (χ3n) is 15.4. The lowest BCUT2D eigenvalue weighted by Gasteiger charge is -2.32. The van der Waals surface area contributed by atoms with Gasteiger partial charge in [-0.05, 0) is 31.5 Å². The van der Waals surface area contributed by atoms with Crippen LogP contribution in [0.3, 0.4) is 0 Å². The van der Waals surface area contributed by atoms with Crippen LogP contribution in [0.5, 0.6) is 0 Å². The van der Waals surface area contributed by atoms with E-state index in [-0.39, 0.29) is 25.2 Å². The molecule has 67 heavy (non-hydrogen) atoms. The van der Waals surface area contributed by atoms with Gasteiger partial charge in [0.1, 0.15) is 0 Å². The fourth-order valence-corrected chi connectivity index (χ4v) is 10.4. The quantitative estimate of drug-likeness (QED) is 0.0361. The second-order valence-electron chi connectivity index (χ2n) is 22.4. The molecule has 0 unspecified atom stereocenters. The summed E-state index contributed by atoms with van der Waals surface area (Å²) in [5, 5.41) is 36.8. The molecule has 0 aliphatic heterocycles. The van der Waals surface area contributed by atoms with Gasteiger partial charge in [0.2, 0.25) is 0 Å². The summed E-state index contributed by atoms with van der Waals surface area (Å²) in [5.41, 5.74) is -0.809. The molecule has 0 fully saturated rings. The smallest absolute Gasteiger partial charge is 0.162 e. The Morgan fingerprint density at radius 1 is 0.269 bits per heavy atom. The number of aliphatic hydroxyl groups is 4. The molecule has 0 rings (SSSR count). The summed E-state index contributed by atoms with van der Waals surface area (Å²) >= 11 is 5.72. The highest BCUT2D eigenvalue weighted by Crippen LogP contribution is 2.39. The molecule has 0 aromatic rings. The van der Waals surface area contributed by atoms with Crippen molar-refractivity contribution in [2.45, 2.75) is 362 Å². The van der Waals surface area contributed by atoms with E-state index in [1.54, 1.807) is 6.92 Å². The van der Waals surface area contributed by atoms with Crippen molar-refractivity contribution >= 4 is 17.3 Å². The summed E-state index contributed by atoms with van der Waals surface area (Å²) in [6.45, 7) is 7.99. The van der Waals surface area contributed by atoms with Crippen molar-refractivity contribution in [2.24, 2.45) is 10.8 Å². The normalized spacial score (nSPS) is 11.9. The molecule has 0 bridgehead atoms. The van der Waals surface area contributed by atoms with Gasteiger partial charge in [-0.2, -0.15) is 0 Å². The fourth-order valence-electron chi connectivity index (χ4n) is 10.1. The molecule has 404 valence electrons. The van der Waals surface area contributed by atoms with Gasteiger partial charge in [-0.15, -0.1) is 0 Å². The van der Waals surface area contributed by atoms with Crippen LogP contribution in [0.15, 0.2) is 0 Å². The maximum absolute atomic E-state index is 11.1. The van der Waals surface area contributed by atoms with Crippen LogP contribution in [0.2, 0.25) is 0 Å². The Kier molecular flexibility index (Phi) is 58.2. The van der Waals surface area contributed by atoms with Crippen molar-refractivity contribution in [3.8, 4) is 0 Å². The van der Waals surface area contributed by atoms with Crippen LogP contribution in [-0.2, 0) is 0 Å². The van der Waals surface area contributed by atoms with Gasteiger partial charge in [0.25, 0.3) is 0 Å². The molecule has 4 N–H and O–H groups in total. The van der Waals surface area contributed by atoms with Crippen LogP contribution in [0.25, 0.3) is 0 Å². The van der Waals surface area contributed by atoms with E-state index in [0.717, 1.165) is 19.3 Å². The van der Waals surface area contributed by atoms with Crippen LogP contribution >= 0.6 is 12.2 Å². The van der Waals surface area contributed by atoms with Gasteiger partial charge in [0.05, 0.1) is 19.8 Å². The molecule has 0 heterocycles. The summed E-state index contributed by atoms with van der Waals surface area (Å²) < 4.78 is 0. The van der Waals surface area contributed by atoms with Crippen LogP contribution in [0, 0.1) is 10.8 Å². The van der Waals surface area contributed by atoms with Gasteiger partial charge < -0.3 is 20.4 Å². The Morgan fingerprint density at radius 3 is 0.507 bits per heavy atom. The predicted molar refractivity (Wildman–Crippen MR) is 304 cm³/mol. The zero-order valence-electron chi connectivity index (χ0n) is 46.6. The molecule has 0 amide bonds. The number of unbranched alkanes of at least 4 members (excludes halogenated alkanes) is 46. The van der Waals surface area contributed by atoms with E-state index in [0.29, 0.717) is 5.05 Å². The SMILES string of the molecule is CC(CO)(CO)CO.CCCCCCCCCCCCCCCCCCCC(CCCCCCCCCCCCCCCCCC)(CCCCCCCCCCCCCCCCCC)C(O)=S. The largest absolute Gasteiger partial charge is 0.502 e. The molecule has 0 saturated carbocycles. The molecular formula is C62H126O4S. The highest BCUT2D eigenvalue weighted by molar-refractivity contribution is 7.80. The average Bonchev–Trinajstić information content (AvgIpc) is 3.34. The minimum Gasteiger partial charge on any atom is -0.502 e. The summed E-state index contributed by atoms with van der Waals surface area (Å²) in [5.74, 6) is 0. The Labute approximate surface area is 428 Å². The molecule has 0 aromatic carbocycles. The Morgan fingerprint density at radius 2 is 0.403 bits per heavy atom. The van der Waals surface area contributed by atoms with E-state index in [1.165, 1.54) is 315 Å². The summed E-state index contributed by atoms with van der Waals surface area (Å²) in [6.07, 6.45) is 72.6. The van der Waals surface area contributed by atoms with Crippen molar-refractivity contribution in [3.63, 3.8) is 0 Å². The first kappa shape index (κ1) is 68.8. The first-order valence-electron chi connectivity index (χ1n) is 30.9. The minimum atomic E-state index is -0.708. The summed E-state index contributed by atoms with van der Waals surface area (Å²) in [7, 11) is 0. The van der Waals surface area contributed by atoms with E-state index < -0.39 is 5.41 Å². The van der Waals surface area contributed by atoms with E-state index in [1.807, 2.05) is 0 Å². The zero-order chi connectivity index (χ0) is 49.5. The lowest BCUT2D eigenvalue weighted by Crippen LogP contribution is -2.30. The Bertz CT molecular complexity index is 877. The van der Waals surface area contributed by atoms with Crippen LogP contribution in [0.4, 0.5) is 0 Å². The number of thiocarbonyl (C=S) groups is 1. The molecule has 0 aliphatic carbocycles. The molecular weight excluding hydrogens is 841 g/mol. The first-order valence-corrected chi connectivity index (χ1v) is 31.3. The number of aliphatic hydroxyl groups excluding tert-OH is 4. The van der Waals surface area contributed by atoms with Crippen molar-refractivity contribution < 1.29 is 20.4 Å². The third kappa shape index (κ3) is 50.5. The summed E-state index contributed by atoms with van der Waals surface area (Å²) in [6, 6.07) is 0. The van der Waals surface area contributed by atoms with Crippen LogP contribution in [0.1, 0.15) is 362 Å². The standard InChI is InChI=1S/C57H114OS.C5H12O3/c1-4-7-10-13-16-19-22-25-28-31-34-37-40-43-46-49-52-55-57(56(58)59,53-50-47-44-41-38-35-32-29-26-23-20-17-14-11-8-5-2)54-51-48-45-42-39-36-33-30-27-24-21-18-15-12-9-6-3;1-5(2-6,3-7)4-8/h4-55H2,1-3H3,(H,58,59);6-8H,2-4H2,1H3. The van der Waals surface area contributed by atoms with Gasteiger partial charge >= 0.3 is 0 Å². The van der Waals surface area contributed by atoms with E-state index in [4.69, 9.17) is 27.5 Å². The summed E-state index contributed by atoms with van der Waals surface area (Å²) in [4.78, 5) is 0. The van der Waals surface area contributed by atoms with Crippen LogP contribution in [-0.4, -0.2) is 45.3 Å². The third-order valence-corrected chi connectivity index (χ3v) is 15.8. The lowest BCUT2D eigenvalue weighted by atomic mass is 9.74. The minimum absolute atomic E-state index is 0.100. The number of rotatable bonds is 56. The highest BCUT2D eigenvalue weighted by Gasteiger charge is 2.33. The van der Waals surface area contributed by atoms with Crippen molar-refractivity contribution in [1.29, 1.82) is 0 Å². The maximum atomic E-state index is 11.1. The highest BCUT2D eigenvalue weighted by atomic mass is 32.1. The number of hydrogen-bond acceptors (Lipinski definition) is 4. The van der Waals surface area contributed by atoms with E-state index >= 15 is 0 Å². The Balaban J connectivity index is 0. The Hall–Kier alpha value is -0.230. The van der Waals surface area contributed by atoms with Gasteiger partial charge in [-0.25, -0.2) is 0 Å². The maximum Gasteiger partial charge on any atom is 0.162 e. The van der Waals surface area contributed by atoms with Crippen molar-refractivity contribution in [2.75, 3.05) is 19.8 Å². The molecule has 0 aliphatic rings. The predicted octanol–water partition coefficient (Wildman–Crippen LogP) is 21.2. The van der Waals surface area contributed by atoms with Crippen LogP contribution < -0.4 is 0 Å². The van der Waals surface area contributed by atoms with E-state index in [9.17, 15) is 5.11 Å². The lowest BCUT2D eigenvalue weighted by molar-refractivity contribution is 0.0200. The van der Waals surface area contributed by atoms with Gasteiger partial charge in [-0.3, -0.25) is 0 Å². The topological polar surface area (TPSA) is 80.9 Å². The van der Waals surface area contributed by atoms with E-state index in [2.05, 4.69) is 20.8 Å². The number of hydrogen-bond donors (Lipinski definition) is 4. The van der Waals surface area contributed by atoms with Gasteiger partial charge in [0, 0.05) is 10.8 Å². The van der Waals surface area contributed by atoms with Crippen molar-refractivity contribution in [1.82, 2.24) is 0 Å². The van der Waals surface area contributed by atoms with Crippen molar-refractivity contribution in [3.05, 3.63) is 0 Å². The molecule has 4 nitrogen and oxygen atoms in total. The average molecular weight is 968 g/mol. The molecule has 0 spiro atoms. The molecule has 0 atom stereocenters. The zero-order valence-corrected chi connectivity index (χ0v) is 47.4. The second kappa shape index (κ2) is 56.7. The molecule has 0 radical (unpaired) electrons. The van der Waals surface area contributed by atoms with Gasteiger partial charge in [0.15, 0.2) is 5.05 Å².